The van der Waals surface area contributed by atoms with Gasteiger partial charge in [0.2, 0.25) is 0 Å². The van der Waals surface area contributed by atoms with Crippen molar-refractivity contribution >= 4 is 5.82 Å². The Kier molecular flexibility index (Phi) is 3.62. The predicted octanol–water partition coefficient (Wildman–Crippen LogP) is 2.67. The van der Waals surface area contributed by atoms with Gasteiger partial charge in [0.15, 0.2) is 5.82 Å². The molecule has 2 rings (SSSR count). The van der Waals surface area contributed by atoms with Crippen molar-refractivity contribution in [1.82, 2.24) is 9.97 Å². The van der Waals surface area contributed by atoms with Crippen LogP contribution in [0.3, 0.4) is 0 Å². The van der Waals surface area contributed by atoms with Crippen molar-refractivity contribution in [2.75, 3.05) is 12.3 Å². The van der Waals surface area contributed by atoms with E-state index in [0.717, 1.165) is 11.5 Å². The molecule has 1 aliphatic carbocycles. The molecule has 0 aromatic carbocycles. The molecule has 1 fully saturated rings. The highest BCUT2D eigenvalue weighted by atomic mass is 16.5. The van der Waals surface area contributed by atoms with Crippen LogP contribution in [0, 0.1) is 5.92 Å². The minimum Gasteiger partial charge on any atom is -0.384 e. The smallest absolute Gasteiger partial charge is 0.159 e. The minimum atomic E-state index is -0.0546. The third-order valence-electron chi connectivity index (χ3n) is 2.98. The zero-order chi connectivity index (χ0) is 12.4. The van der Waals surface area contributed by atoms with Crippen molar-refractivity contribution in [2.24, 2.45) is 5.92 Å². The summed E-state index contributed by atoms with van der Waals surface area (Å²) in [7, 11) is 0. The normalized spacial score (nSPS) is 17.4. The summed E-state index contributed by atoms with van der Waals surface area (Å²) in [5.41, 5.74) is 6.93. The number of rotatable bonds is 5. The number of nitrogens with zero attached hydrogens (tertiary/aromatic N) is 2. The topological polar surface area (TPSA) is 61.0 Å². The molecule has 0 radical (unpaired) electrons. The molecule has 0 aliphatic heterocycles. The first kappa shape index (κ1) is 12.3. The molecule has 2 N–H and O–H groups in total. The fraction of sp³-hybridized carbons (Fsp3) is 0.692. The van der Waals surface area contributed by atoms with E-state index in [9.17, 15) is 0 Å². The molecule has 0 bridgehead atoms. The van der Waals surface area contributed by atoms with Crippen molar-refractivity contribution < 1.29 is 4.74 Å². The number of nitrogen functional groups attached to an aromatic ring is 1. The molecule has 0 amide bonds. The molecule has 1 aromatic rings. The molecule has 1 saturated carbocycles. The molecule has 94 valence electrons. The summed E-state index contributed by atoms with van der Waals surface area (Å²) < 4.78 is 5.72. The first-order valence-corrected chi connectivity index (χ1v) is 6.37. The van der Waals surface area contributed by atoms with Gasteiger partial charge in [-0.1, -0.05) is 13.8 Å². The quantitative estimate of drug-likeness (QED) is 0.852. The summed E-state index contributed by atoms with van der Waals surface area (Å²) in [4.78, 5) is 8.95. The molecule has 4 heteroatoms. The summed E-state index contributed by atoms with van der Waals surface area (Å²) >= 11 is 0. The Morgan fingerprint density at radius 2 is 2.12 bits per heavy atom. The van der Waals surface area contributed by atoms with E-state index < -0.39 is 0 Å². The first-order chi connectivity index (χ1) is 8.11. The summed E-state index contributed by atoms with van der Waals surface area (Å²) in [5.74, 6) is 2.24. The van der Waals surface area contributed by atoms with Gasteiger partial charge in [-0.05, 0) is 25.7 Å². The lowest BCUT2D eigenvalue weighted by Crippen LogP contribution is -2.16. The molecule has 1 unspecified atom stereocenters. The number of hydrogen-bond donors (Lipinski definition) is 1. The SMILES string of the molecule is CCOC(c1nc(N)cc(C2CC2)n1)C(C)C. The van der Waals surface area contributed by atoms with E-state index in [4.69, 9.17) is 10.5 Å². The van der Waals surface area contributed by atoms with Crippen LogP contribution in [0.4, 0.5) is 5.82 Å². The van der Waals surface area contributed by atoms with E-state index >= 15 is 0 Å². The second-order valence-electron chi connectivity index (χ2n) is 4.97. The van der Waals surface area contributed by atoms with E-state index in [-0.39, 0.29) is 6.10 Å². The Hall–Kier alpha value is -1.16. The van der Waals surface area contributed by atoms with Crippen LogP contribution in [0.15, 0.2) is 6.07 Å². The number of hydrogen-bond acceptors (Lipinski definition) is 4. The lowest BCUT2D eigenvalue weighted by molar-refractivity contribution is 0.0231. The van der Waals surface area contributed by atoms with Crippen molar-refractivity contribution in [1.29, 1.82) is 0 Å². The molecule has 1 heterocycles. The molecular weight excluding hydrogens is 214 g/mol. The fourth-order valence-corrected chi connectivity index (χ4v) is 1.97. The van der Waals surface area contributed by atoms with Crippen LogP contribution in [0.1, 0.15) is 57.2 Å². The maximum absolute atomic E-state index is 5.85. The van der Waals surface area contributed by atoms with E-state index in [1.165, 1.54) is 12.8 Å². The Morgan fingerprint density at radius 3 is 2.65 bits per heavy atom. The molecule has 17 heavy (non-hydrogen) atoms. The van der Waals surface area contributed by atoms with Gasteiger partial charge in [0.05, 0.1) is 0 Å². The first-order valence-electron chi connectivity index (χ1n) is 6.37. The van der Waals surface area contributed by atoms with Crippen molar-refractivity contribution in [3.63, 3.8) is 0 Å². The second kappa shape index (κ2) is 5.00. The number of ether oxygens (including phenoxy) is 1. The molecule has 0 spiro atoms. The highest BCUT2D eigenvalue weighted by molar-refractivity contribution is 5.33. The highest BCUT2D eigenvalue weighted by Gasteiger charge is 2.28. The zero-order valence-corrected chi connectivity index (χ0v) is 10.8. The summed E-state index contributed by atoms with van der Waals surface area (Å²) in [6.45, 7) is 6.89. The Balaban J connectivity index is 2.28. The number of nitrogens with two attached hydrogens (primary N) is 1. The van der Waals surface area contributed by atoms with E-state index in [1.807, 2.05) is 13.0 Å². The van der Waals surface area contributed by atoms with Crippen molar-refractivity contribution in [3.8, 4) is 0 Å². The van der Waals surface area contributed by atoms with Gasteiger partial charge < -0.3 is 10.5 Å². The maximum Gasteiger partial charge on any atom is 0.159 e. The van der Waals surface area contributed by atoms with Crippen molar-refractivity contribution in [2.45, 2.75) is 45.6 Å². The molecular formula is C13H21N3O. The Bertz CT molecular complexity index is 388. The average molecular weight is 235 g/mol. The van der Waals surface area contributed by atoms with E-state index in [1.54, 1.807) is 0 Å². The lowest BCUT2D eigenvalue weighted by atomic mass is 10.1. The predicted molar refractivity (Wildman–Crippen MR) is 67.6 cm³/mol. The van der Waals surface area contributed by atoms with Gasteiger partial charge in [-0.15, -0.1) is 0 Å². The van der Waals surface area contributed by atoms with Gasteiger partial charge in [-0.25, -0.2) is 9.97 Å². The van der Waals surface area contributed by atoms with Gasteiger partial charge in [-0.2, -0.15) is 0 Å². The third-order valence-corrected chi connectivity index (χ3v) is 2.98. The van der Waals surface area contributed by atoms with Gasteiger partial charge >= 0.3 is 0 Å². The summed E-state index contributed by atoms with van der Waals surface area (Å²) in [6.07, 6.45) is 2.38. The van der Waals surface area contributed by atoms with Crippen LogP contribution in [-0.4, -0.2) is 16.6 Å². The van der Waals surface area contributed by atoms with Crippen LogP contribution < -0.4 is 5.73 Å². The van der Waals surface area contributed by atoms with Crippen molar-refractivity contribution in [3.05, 3.63) is 17.6 Å². The second-order valence-corrected chi connectivity index (χ2v) is 4.97. The third kappa shape index (κ3) is 2.94. The minimum absolute atomic E-state index is 0.0546. The van der Waals surface area contributed by atoms with Gasteiger partial charge in [0.25, 0.3) is 0 Å². The summed E-state index contributed by atoms with van der Waals surface area (Å²) in [5, 5.41) is 0. The standard InChI is InChI=1S/C13H21N3O/c1-4-17-12(8(2)3)13-15-10(9-5-6-9)7-11(14)16-13/h7-9,12H,4-6H2,1-3H3,(H2,14,15,16). The number of aromatic nitrogens is 2. The van der Waals surface area contributed by atoms with Gasteiger partial charge in [0, 0.05) is 24.3 Å². The van der Waals surface area contributed by atoms with E-state index in [2.05, 4.69) is 23.8 Å². The maximum atomic E-state index is 5.85. The van der Waals surface area contributed by atoms with Crippen LogP contribution in [0.25, 0.3) is 0 Å². The Labute approximate surface area is 103 Å². The highest BCUT2D eigenvalue weighted by Crippen LogP contribution is 2.40. The van der Waals surface area contributed by atoms with Gasteiger partial charge in [0.1, 0.15) is 11.9 Å². The van der Waals surface area contributed by atoms with Crippen LogP contribution >= 0.6 is 0 Å². The molecule has 4 nitrogen and oxygen atoms in total. The molecule has 1 aromatic heterocycles. The molecule has 1 atom stereocenters. The summed E-state index contributed by atoms with van der Waals surface area (Å²) in [6, 6.07) is 1.89. The lowest BCUT2D eigenvalue weighted by Gasteiger charge is -2.20. The number of anilines is 1. The zero-order valence-electron chi connectivity index (χ0n) is 10.8. The van der Waals surface area contributed by atoms with Crippen LogP contribution in [0.5, 0.6) is 0 Å². The molecule has 1 aliphatic rings. The van der Waals surface area contributed by atoms with Crippen LogP contribution in [-0.2, 0) is 4.74 Å². The largest absolute Gasteiger partial charge is 0.384 e. The average Bonchev–Trinajstić information content (AvgIpc) is 3.08. The van der Waals surface area contributed by atoms with Gasteiger partial charge in [-0.3, -0.25) is 0 Å². The molecule has 0 saturated heterocycles. The monoisotopic (exact) mass is 235 g/mol. The fourth-order valence-electron chi connectivity index (χ4n) is 1.97. The Morgan fingerprint density at radius 1 is 1.41 bits per heavy atom. The van der Waals surface area contributed by atoms with Crippen LogP contribution in [0.2, 0.25) is 0 Å². The van der Waals surface area contributed by atoms with E-state index in [0.29, 0.717) is 24.3 Å².